The van der Waals surface area contributed by atoms with Crippen molar-refractivity contribution in [1.82, 2.24) is 20.1 Å². The highest BCUT2D eigenvalue weighted by Crippen LogP contribution is 2.34. The molecule has 15 heteroatoms. The Hall–Kier alpha value is -4.04. The second-order valence-corrected chi connectivity index (χ2v) is 10.6. The van der Waals surface area contributed by atoms with Crippen molar-refractivity contribution < 1.29 is 35.9 Å². The van der Waals surface area contributed by atoms with E-state index in [0.717, 1.165) is 53.2 Å². The zero-order valence-electron chi connectivity index (χ0n) is 22.4. The minimum absolute atomic E-state index is 0.0879. The summed E-state index contributed by atoms with van der Waals surface area (Å²) in [6, 6.07) is 12.3. The first-order chi connectivity index (χ1) is 20.2. The number of hydrogen-bond donors (Lipinski definition) is 2. The summed E-state index contributed by atoms with van der Waals surface area (Å²) in [5.41, 5.74) is -0.570. The number of carbonyl (C=O) groups is 2. The van der Waals surface area contributed by atoms with Gasteiger partial charge in [0.05, 0.1) is 45.4 Å². The lowest BCUT2D eigenvalue weighted by Gasteiger charge is -2.16. The van der Waals surface area contributed by atoms with Crippen molar-refractivity contribution in [3.05, 3.63) is 99.3 Å². The third-order valence-electron chi connectivity index (χ3n) is 6.30. The Morgan fingerprint density at radius 2 is 1.65 bits per heavy atom. The van der Waals surface area contributed by atoms with Crippen molar-refractivity contribution in [3.8, 4) is 5.69 Å². The molecule has 4 aromatic rings. The Kier molecular flexibility index (Phi) is 9.40. The molecule has 3 aromatic carbocycles. The molecule has 0 saturated heterocycles. The summed E-state index contributed by atoms with van der Waals surface area (Å²) < 4.78 is 81.1. The van der Waals surface area contributed by atoms with Crippen molar-refractivity contribution in [2.75, 3.05) is 11.1 Å². The normalized spacial score (nSPS) is 11.8. The molecule has 43 heavy (non-hydrogen) atoms. The molecular formula is C28H22ClF6N5O2S. The zero-order chi connectivity index (χ0) is 31.5. The van der Waals surface area contributed by atoms with E-state index in [9.17, 15) is 35.9 Å². The van der Waals surface area contributed by atoms with Gasteiger partial charge in [0.15, 0.2) is 11.0 Å². The smallest absolute Gasteiger partial charge is 0.345 e. The first-order valence-electron chi connectivity index (χ1n) is 12.4. The lowest BCUT2D eigenvalue weighted by Crippen LogP contribution is -2.27. The van der Waals surface area contributed by atoms with Crippen LogP contribution in [0.15, 0.2) is 65.8 Å². The lowest BCUT2D eigenvalue weighted by atomic mass is 10.1. The standard InChI is InChI=1S/C28H22ClF6N5O2S/c1-15-6-5-9-22(16(15)2)40-23(13-36-25(42)18-7-3-4-8-19(18)28(33,34)35)38-39-26(40)43-14-24(41)37-21-12-17(27(30,31)32)10-11-20(21)29/h3-12H,13-14H2,1-2H3,(H,36,42)(H,37,41). The first kappa shape index (κ1) is 31.9. The largest absolute Gasteiger partial charge is 0.417 e. The number of hydrogen-bond acceptors (Lipinski definition) is 5. The highest BCUT2D eigenvalue weighted by molar-refractivity contribution is 7.99. The maximum Gasteiger partial charge on any atom is 0.417 e. The van der Waals surface area contributed by atoms with Crippen molar-refractivity contribution >= 4 is 40.9 Å². The van der Waals surface area contributed by atoms with Crippen LogP contribution in [0.4, 0.5) is 32.0 Å². The summed E-state index contributed by atoms with van der Waals surface area (Å²) in [5, 5.41) is 13.1. The third kappa shape index (κ3) is 7.49. The number of benzene rings is 3. The number of anilines is 1. The van der Waals surface area contributed by atoms with Crippen LogP contribution in [-0.2, 0) is 23.7 Å². The topological polar surface area (TPSA) is 88.9 Å². The average molecular weight is 642 g/mol. The summed E-state index contributed by atoms with van der Waals surface area (Å²) in [4.78, 5) is 25.4. The molecule has 0 radical (unpaired) electrons. The van der Waals surface area contributed by atoms with Gasteiger partial charge in [-0.2, -0.15) is 26.3 Å². The molecule has 4 rings (SSSR count). The van der Waals surface area contributed by atoms with Crippen LogP contribution in [0.3, 0.4) is 0 Å². The molecule has 2 amide bonds. The Labute approximate surface area is 250 Å². The second-order valence-electron chi connectivity index (χ2n) is 9.21. The van der Waals surface area contributed by atoms with E-state index in [1.54, 1.807) is 16.7 Å². The summed E-state index contributed by atoms with van der Waals surface area (Å²) >= 11 is 6.88. The predicted molar refractivity (Wildman–Crippen MR) is 149 cm³/mol. The second kappa shape index (κ2) is 12.7. The van der Waals surface area contributed by atoms with E-state index >= 15 is 0 Å². The van der Waals surface area contributed by atoms with Gasteiger partial charge in [0, 0.05) is 0 Å². The van der Waals surface area contributed by atoms with Gasteiger partial charge in [-0.05, 0) is 61.4 Å². The summed E-state index contributed by atoms with van der Waals surface area (Å²) in [6.07, 6.45) is -9.38. The van der Waals surface area contributed by atoms with E-state index in [1.165, 1.54) is 12.1 Å². The predicted octanol–water partition coefficient (Wildman–Crippen LogP) is 7.24. The van der Waals surface area contributed by atoms with Crippen molar-refractivity contribution in [1.29, 1.82) is 0 Å². The molecular weight excluding hydrogens is 620 g/mol. The quantitative estimate of drug-likeness (QED) is 0.157. The van der Waals surface area contributed by atoms with E-state index in [4.69, 9.17) is 11.6 Å². The van der Waals surface area contributed by atoms with Crippen LogP contribution in [0.2, 0.25) is 5.02 Å². The average Bonchev–Trinajstić information content (AvgIpc) is 3.34. The van der Waals surface area contributed by atoms with Gasteiger partial charge in [-0.1, -0.05) is 47.6 Å². The van der Waals surface area contributed by atoms with E-state index in [-0.39, 0.29) is 34.0 Å². The highest BCUT2D eigenvalue weighted by Gasteiger charge is 2.35. The molecule has 0 spiro atoms. The molecule has 0 saturated carbocycles. The molecule has 0 aliphatic carbocycles. The number of amides is 2. The SMILES string of the molecule is Cc1cccc(-n2c(CNC(=O)c3ccccc3C(F)(F)F)nnc2SCC(=O)Nc2cc(C(F)(F)F)ccc2Cl)c1C. The van der Waals surface area contributed by atoms with Gasteiger partial charge >= 0.3 is 12.4 Å². The minimum atomic E-state index is -4.74. The maximum atomic E-state index is 13.4. The third-order valence-corrected chi connectivity index (χ3v) is 7.56. The number of halogens is 7. The number of rotatable bonds is 8. The molecule has 0 atom stereocenters. The van der Waals surface area contributed by atoms with Gasteiger partial charge in [-0.3, -0.25) is 14.2 Å². The maximum absolute atomic E-state index is 13.4. The fraction of sp³-hybridized carbons (Fsp3) is 0.214. The molecule has 0 fully saturated rings. The van der Waals surface area contributed by atoms with Crippen LogP contribution in [0.25, 0.3) is 5.69 Å². The van der Waals surface area contributed by atoms with Crippen molar-refractivity contribution in [3.63, 3.8) is 0 Å². The van der Waals surface area contributed by atoms with E-state index in [1.807, 2.05) is 19.9 Å². The number of aryl methyl sites for hydroxylation is 1. The number of carbonyl (C=O) groups excluding carboxylic acids is 2. The van der Waals surface area contributed by atoms with Crippen LogP contribution >= 0.6 is 23.4 Å². The van der Waals surface area contributed by atoms with Gasteiger partial charge in [-0.25, -0.2) is 0 Å². The monoisotopic (exact) mass is 641 g/mol. The van der Waals surface area contributed by atoms with Gasteiger partial charge in [0.1, 0.15) is 0 Å². The molecule has 1 heterocycles. The van der Waals surface area contributed by atoms with Crippen LogP contribution in [0.1, 0.15) is 38.4 Å². The molecule has 2 N–H and O–H groups in total. The first-order valence-corrected chi connectivity index (χ1v) is 13.8. The fourth-order valence-corrected chi connectivity index (χ4v) is 4.95. The van der Waals surface area contributed by atoms with Crippen LogP contribution in [-0.4, -0.2) is 32.3 Å². The zero-order valence-corrected chi connectivity index (χ0v) is 24.0. The number of thioether (sulfide) groups is 1. The number of nitrogens with zero attached hydrogens (tertiary/aromatic N) is 3. The summed E-state index contributed by atoms with van der Waals surface area (Å²) in [6.45, 7) is 3.37. The Balaban J connectivity index is 1.57. The van der Waals surface area contributed by atoms with Gasteiger partial charge < -0.3 is 10.6 Å². The number of nitrogens with one attached hydrogen (secondary N) is 2. The van der Waals surface area contributed by atoms with Crippen molar-refractivity contribution in [2.45, 2.75) is 37.9 Å². The molecule has 0 aliphatic rings. The molecule has 7 nitrogen and oxygen atoms in total. The van der Waals surface area contributed by atoms with Crippen LogP contribution in [0.5, 0.6) is 0 Å². The molecule has 0 unspecified atom stereocenters. The molecule has 0 bridgehead atoms. The van der Waals surface area contributed by atoms with Crippen molar-refractivity contribution in [2.24, 2.45) is 0 Å². The molecule has 1 aromatic heterocycles. The van der Waals surface area contributed by atoms with E-state index in [2.05, 4.69) is 20.8 Å². The molecule has 0 aliphatic heterocycles. The van der Waals surface area contributed by atoms with Gasteiger partial charge in [0.25, 0.3) is 5.91 Å². The van der Waals surface area contributed by atoms with Crippen LogP contribution < -0.4 is 10.6 Å². The Morgan fingerprint density at radius 1 is 0.930 bits per heavy atom. The van der Waals surface area contributed by atoms with Gasteiger partial charge in [0.2, 0.25) is 5.91 Å². The van der Waals surface area contributed by atoms with Crippen LogP contribution in [0, 0.1) is 13.8 Å². The summed E-state index contributed by atoms with van der Waals surface area (Å²) in [7, 11) is 0. The highest BCUT2D eigenvalue weighted by atomic mass is 35.5. The Bertz CT molecular complexity index is 1670. The van der Waals surface area contributed by atoms with Gasteiger partial charge in [-0.15, -0.1) is 10.2 Å². The number of aromatic nitrogens is 3. The fourth-order valence-electron chi connectivity index (χ4n) is 4.02. The van der Waals surface area contributed by atoms with E-state index in [0.29, 0.717) is 5.69 Å². The number of alkyl halides is 6. The minimum Gasteiger partial charge on any atom is -0.345 e. The van der Waals surface area contributed by atoms with E-state index < -0.39 is 40.9 Å². The Morgan fingerprint density at radius 3 is 2.35 bits per heavy atom. The lowest BCUT2D eigenvalue weighted by molar-refractivity contribution is -0.138. The molecule has 226 valence electrons. The summed E-state index contributed by atoms with van der Waals surface area (Å²) in [5.74, 6) is -1.80.